The fourth-order valence-corrected chi connectivity index (χ4v) is 3.36. The Kier molecular flexibility index (Phi) is 4.46. The van der Waals surface area contributed by atoms with Crippen molar-refractivity contribution >= 4 is 36.9 Å². The normalized spacial score (nSPS) is 14.7. The zero-order chi connectivity index (χ0) is 10.6. The van der Waals surface area contributed by atoms with Gasteiger partial charge in [0.05, 0.1) is 0 Å². The summed E-state index contributed by atoms with van der Waals surface area (Å²) < 4.78 is 1.24. The average molecular weight is 277 g/mol. The monoisotopic (exact) mass is 277 g/mol. The van der Waals surface area contributed by atoms with Crippen molar-refractivity contribution in [3.63, 3.8) is 0 Å². The Morgan fingerprint density at radius 1 is 1.43 bits per heavy atom. The SMILES string of the molecule is CC([Se]c1ccccc1)C(Cl)C(N)=O. The van der Waals surface area contributed by atoms with E-state index < -0.39 is 11.3 Å². The Morgan fingerprint density at radius 3 is 2.50 bits per heavy atom. The molecule has 1 rings (SSSR count). The van der Waals surface area contributed by atoms with Gasteiger partial charge in [-0.25, -0.2) is 0 Å². The number of benzene rings is 1. The van der Waals surface area contributed by atoms with Crippen LogP contribution in [0.15, 0.2) is 30.3 Å². The molecule has 0 spiro atoms. The molecule has 0 aromatic heterocycles. The van der Waals surface area contributed by atoms with Crippen LogP contribution in [0.25, 0.3) is 0 Å². The van der Waals surface area contributed by atoms with Crippen molar-refractivity contribution in [3.05, 3.63) is 30.3 Å². The first-order valence-electron chi connectivity index (χ1n) is 4.26. The molecule has 2 atom stereocenters. The summed E-state index contributed by atoms with van der Waals surface area (Å²) in [5.41, 5.74) is 5.13. The molecule has 0 saturated heterocycles. The summed E-state index contributed by atoms with van der Waals surface area (Å²) in [5, 5.41) is -0.560. The van der Waals surface area contributed by atoms with Crippen LogP contribution in [0.1, 0.15) is 6.92 Å². The minimum atomic E-state index is -0.560. The van der Waals surface area contributed by atoms with Crippen molar-refractivity contribution in [1.29, 1.82) is 0 Å². The number of hydrogen-bond donors (Lipinski definition) is 1. The van der Waals surface area contributed by atoms with Gasteiger partial charge in [-0.3, -0.25) is 0 Å². The van der Waals surface area contributed by atoms with E-state index in [-0.39, 0.29) is 19.8 Å². The summed E-state index contributed by atoms with van der Waals surface area (Å²) in [6.07, 6.45) is 0. The molecule has 0 aliphatic heterocycles. The molecule has 1 aromatic rings. The van der Waals surface area contributed by atoms with Gasteiger partial charge in [0.15, 0.2) is 0 Å². The Bertz CT molecular complexity index is 304. The number of alkyl halides is 1. The molecule has 0 fully saturated rings. The van der Waals surface area contributed by atoms with E-state index in [0.29, 0.717) is 0 Å². The van der Waals surface area contributed by atoms with E-state index in [1.54, 1.807) is 0 Å². The maximum absolute atomic E-state index is 10.8. The molecule has 0 heterocycles. The van der Waals surface area contributed by atoms with E-state index in [4.69, 9.17) is 17.3 Å². The van der Waals surface area contributed by atoms with E-state index in [2.05, 4.69) is 0 Å². The van der Waals surface area contributed by atoms with Gasteiger partial charge < -0.3 is 0 Å². The Morgan fingerprint density at radius 2 is 2.00 bits per heavy atom. The summed E-state index contributed by atoms with van der Waals surface area (Å²) in [4.78, 5) is 11.0. The molecule has 0 aliphatic carbocycles. The van der Waals surface area contributed by atoms with Crippen molar-refractivity contribution in [3.8, 4) is 0 Å². The predicted octanol–water partition coefficient (Wildman–Crippen LogP) is 0.917. The van der Waals surface area contributed by atoms with Gasteiger partial charge in [-0.1, -0.05) is 0 Å². The van der Waals surface area contributed by atoms with Gasteiger partial charge in [0, 0.05) is 0 Å². The van der Waals surface area contributed by atoms with Crippen LogP contribution in [0.4, 0.5) is 0 Å². The molecule has 2 nitrogen and oxygen atoms in total. The van der Waals surface area contributed by atoms with Crippen LogP contribution in [-0.4, -0.2) is 26.2 Å². The number of primary amides is 1. The Balaban J connectivity index is 2.57. The zero-order valence-corrected chi connectivity index (χ0v) is 10.3. The first-order chi connectivity index (χ1) is 6.61. The number of nitrogens with two attached hydrogens (primary N) is 1. The van der Waals surface area contributed by atoms with Gasteiger partial charge in [-0.15, -0.1) is 0 Å². The van der Waals surface area contributed by atoms with Gasteiger partial charge in [0.2, 0.25) is 0 Å². The van der Waals surface area contributed by atoms with E-state index in [1.807, 2.05) is 37.3 Å². The Labute approximate surface area is 95.0 Å². The van der Waals surface area contributed by atoms with Crippen molar-refractivity contribution in [2.45, 2.75) is 17.1 Å². The predicted molar refractivity (Wildman–Crippen MR) is 60.1 cm³/mol. The van der Waals surface area contributed by atoms with E-state index in [0.717, 1.165) is 0 Å². The standard InChI is InChI=1S/C10H12ClNOSe/c1-7(9(11)10(12)13)14-8-5-3-2-4-6-8/h2-7,9H,1H3,(H2,12,13). The molecule has 0 bridgehead atoms. The molecular weight excluding hydrogens is 265 g/mol. The zero-order valence-electron chi connectivity index (χ0n) is 7.81. The molecule has 4 heteroatoms. The summed E-state index contributed by atoms with van der Waals surface area (Å²) in [6, 6.07) is 10.0. The number of carbonyl (C=O) groups is 1. The van der Waals surface area contributed by atoms with Crippen molar-refractivity contribution < 1.29 is 4.79 Å². The van der Waals surface area contributed by atoms with Crippen LogP contribution in [-0.2, 0) is 4.79 Å². The third kappa shape index (κ3) is 3.33. The molecule has 0 radical (unpaired) electrons. The fraction of sp³-hybridized carbons (Fsp3) is 0.300. The van der Waals surface area contributed by atoms with Gasteiger partial charge in [0.25, 0.3) is 0 Å². The Hall–Kier alpha value is -0.501. The molecular formula is C10H12ClNOSe. The minimum absolute atomic E-state index is 0.129. The molecule has 0 aliphatic rings. The van der Waals surface area contributed by atoms with Gasteiger partial charge in [-0.05, 0) is 0 Å². The second-order valence-electron chi connectivity index (χ2n) is 2.94. The summed E-state index contributed by atoms with van der Waals surface area (Å²) in [7, 11) is 0. The van der Waals surface area contributed by atoms with Crippen LogP contribution < -0.4 is 10.2 Å². The van der Waals surface area contributed by atoms with Crippen LogP contribution >= 0.6 is 11.6 Å². The number of rotatable bonds is 4. The molecule has 76 valence electrons. The number of amides is 1. The molecule has 14 heavy (non-hydrogen) atoms. The molecule has 1 amide bonds. The topological polar surface area (TPSA) is 43.1 Å². The summed E-state index contributed by atoms with van der Waals surface area (Å²) in [6.45, 7) is 1.95. The third-order valence-electron chi connectivity index (χ3n) is 1.75. The van der Waals surface area contributed by atoms with Gasteiger partial charge in [-0.2, -0.15) is 0 Å². The summed E-state index contributed by atoms with van der Waals surface area (Å²) >= 11 is 6.05. The number of halogens is 1. The first kappa shape index (κ1) is 11.6. The average Bonchev–Trinajstić information content (AvgIpc) is 2.18. The second kappa shape index (κ2) is 5.40. The van der Waals surface area contributed by atoms with Crippen molar-refractivity contribution in [2.75, 3.05) is 0 Å². The van der Waals surface area contributed by atoms with Crippen LogP contribution in [0.5, 0.6) is 0 Å². The summed E-state index contributed by atoms with van der Waals surface area (Å²) in [5.74, 6) is -0.433. The number of carbonyl (C=O) groups excluding carboxylic acids is 1. The van der Waals surface area contributed by atoms with Gasteiger partial charge >= 0.3 is 94.9 Å². The molecule has 2 N–H and O–H groups in total. The maximum atomic E-state index is 10.8. The second-order valence-corrected chi connectivity index (χ2v) is 6.45. The molecule has 2 unspecified atom stereocenters. The van der Waals surface area contributed by atoms with Crippen molar-refractivity contribution in [1.82, 2.24) is 0 Å². The molecule has 0 saturated carbocycles. The number of hydrogen-bond acceptors (Lipinski definition) is 1. The van der Waals surface area contributed by atoms with Gasteiger partial charge in [0.1, 0.15) is 0 Å². The van der Waals surface area contributed by atoms with E-state index in [1.165, 1.54) is 4.46 Å². The third-order valence-corrected chi connectivity index (χ3v) is 5.17. The molecule has 1 aromatic carbocycles. The van der Waals surface area contributed by atoms with Crippen LogP contribution in [0.3, 0.4) is 0 Å². The van der Waals surface area contributed by atoms with E-state index >= 15 is 0 Å². The quantitative estimate of drug-likeness (QED) is 0.645. The van der Waals surface area contributed by atoms with Crippen LogP contribution in [0.2, 0.25) is 4.82 Å². The van der Waals surface area contributed by atoms with E-state index in [9.17, 15) is 4.79 Å². The van der Waals surface area contributed by atoms with Crippen molar-refractivity contribution in [2.24, 2.45) is 5.73 Å². The first-order valence-corrected chi connectivity index (χ1v) is 6.54. The fourth-order valence-electron chi connectivity index (χ4n) is 1.00. The van der Waals surface area contributed by atoms with Crippen LogP contribution in [0, 0.1) is 0 Å².